The molecule has 1 aromatic carbocycles. The van der Waals surface area contributed by atoms with E-state index in [4.69, 9.17) is 9.47 Å². The monoisotopic (exact) mass is 321 g/mol. The van der Waals surface area contributed by atoms with Crippen LogP contribution in [-0.2, 0) is 9.59 Å². The van der Waals surface area contributed by atoms with Gasteiger partial charge in [-0.1, -0.05) is 6.07 Å². The van der Waals surface area contributed by atoms with Gasteiger partial charge in [0.25, 0.3) is 0 Å². The van der Waals surface area contributed by atoms with Gasteiger partial charge in [-0.25, -0.2) is 0 Å². The largest absolute Gasteiger partial charge is 0.493 e. The van der Waals surface area contributed by atoms with E-state index in [0.29, 0.717) is 37.7 Å². The average Bonchev–Trinajstić information content (AvgIpc) is 2.60. The molecular weight excluding hydrogens is 298 g/mol. The van der Waals surface area contributed by atoms with Gasteiger partial charge < -0.3 is 25.0 Å². The van der Waals surface area contributed by atoms with Gasteiger partial charge in [-0.3, -0.25) is 9.59 Å². The Kier molecular flexibility index (Phi) is 5.81. The Morgan fingerprint density at radius 3 is 2.43 bits per heavy atom. The van der Waals surface area contributed by atoms with E-state index in [-0.39, 0.29) is 6.04 Å². The molecule has 7 nitrogen and oxygen atoms in total. The normalized spacial score (nSPS) is 15.7. The third-order valence-corrected chi connectivity index (χ3v) is 3.85. The minimum Gasteiger partial charge on any atom is -0.493 e. The molecule has 0 bridgehead atoms. The van der Waals surface area contributed by atoms with E-state index in [9.17, 15) is 9.59 Å². The molecule has 2 N–H and O–H groups in total. The molecule has 126 valence electrons. The van der Waals surface area contributed by atoms with Crippen molar-refractivity contribution >= 4 is 11.8 Å². The van der Waals surface area contributed by atoms with E-state index < -0.39 is 11.8 Å². The molecule has 0 aliphatic carbocycles. The van der Waals surface area contributed by atoms with Crippen LogP contribution in [0.1, 0.15) is 18.5 Å². The van der Waals surface area contributed by atoms with Gasteiger partial charge in [0.05, 0.1) is 20.3 Å². The van der Waals surface area contributed by atoms with E-state index in [0.717, 1.165) is 5.56 Å². The maximum Gasteiger partial charge on any atom is 0.311 e. The molecule has 1 heterocycles. The van der Waals surface area contributed by atoms with Gasteiger partial charge in [0.15, 0.2) is 11.5 Å². The Bertz CT molecular complexity index is 570. The van der Waals surface area contributed by atoms with Crippen molar-refractivity contribution < 1.29 is 19.1 Å². The van der Waals surface area contributed by atoms with Crippen LogP contribution < -0.4 is 20.1 Å². The average molecular weight is 321 g/mol. The third kappa shape index (κ3) is 4.13. The second kappa shape index (κ2) is 7.82. The summed E-state index contributed by atoms with van der Waals surface area (Å²) in [6.45, 7) is 4.35. The number of ether oxygens (including phenoxy) is 2. The number of nitrogens with zero attached hydrogens (tertiary/aromatic N) is 1. The number of carbonyl (C=O) groups excluding carboxylic acids is 2. The van der Waals surface area contributed by atoms with Gasteiger partial charge >= 0.3 is 11.8 Å². The van der Waals surface area contributed by atoms with Crippen molar-refractivity contribution in [3.8, 4) is 11.5 Å². The molecule has 1 atom stereocenters. The molecule has 0 saturated carbocycles. The van der Waals surface area contributed by atoms with E-state index in [2.05, 4.69) is 10.6 Å². The fourth-order valence-corrected chi connectivity index (χ4v) is 2.48. The number of rotatable bonds is 4. The summed E-state index contributed by atoms with van der Waals surface area (Å²) in [5.74, 6) is 0.124. The summed E-state index contributed by atoms with van der Waals surface area (Å²) in [6.07, 6.45) is 0. The van der Waals surface area contributed by atoms with Crippen molar-refractivity contribution in [2.45, 2.75) is 13.0 Å². The number of nitrogens with one attached hydrogen (secondary N) is 2. The highest BCUT2D eigenvalue weighted by molar-refractivity contribution is 6.35. The predicted octanol–water partition coefficient (Wildman–Crippen LogP) is 0.313. The summed E-state index contributed by atoms with van der Waals surface area (Å²) in [7, 11) is 3.12. The van der Waals surface area contributed by atoms with Crippen molar-refractivity contribution in [1.82, 2.24) is 15.5 Å². The van der Waals surface area contributed by atoms with Crippen LogP contribution in [0.3, 0.4) is 0 Å². The van der Waals surface area contributed by atoms with Crippen LogP contribution in [0, 0.1) is 0 Å². The lowest BCUT2D eigenvalue weighted by Crippen LogP contribution is -2.51. The minimum absolute atomic E-state index is 0.311. The van der Waals surface area contributed by atoms with Crippen LogP contribution in [0.15, 0.2) is 18.2 Å². The summed E-state index contributed by atoms with van der Waals surface area (Å²) in [4.78, 5) is 25.8. The molecule has 7 heteroatoms. The van der Waals surface area contributed by atoms with E-state index >= 15 is 0 Å². The molecule has 2 rings (SSSR count). The molecule has 0 radical (unpaired) electrons. The van der Waals surface area contributed by atoms with Crippen molar-refractivity contribution in [2.75, 3.05) is 40.4 Å². The topological polar surface area (TPSA) is 79.9 Å². The standard InChI is InChI=1S/C16H23N3O4/c1-11(12-4-5-13(22-2)14(10-12)23-3)18-15(20)16(21)19-8-6-17-7-9-19/h4-5,10-11,17H,6-9H2,1-3H3,(H,18,20). The van der Waals surface area contributed by atoms with Crippen molar-refractivity contribution in [3.63, 3.8) is 0 Å². The van der Waals surface area contributed by atoms with Crippen LogP contribution in [0.25, 0.3) is 0 Å². The first-order chi connectivity index (χ1) is 11.1. The number of piperazine rings is 1. The number of benzene rings is 1. The third-order valence-electron chi connectivity index (χ3n) is 3.85. The highest BCUT2D eigenvalue weighted by Crippen LogP contribution is 2.29. The SMILES string of the molecule is COc1ccc(C(C)NC(=O)C(=O)N2CCNCC2)cc1OC. The lowest BCUT2D eigenvalue weighted by Gasteiger charge is -2.27. The molecule has 2 amide bonds. The molecule has 23 heavy (non-hydrogen) atoms. The van der Waals surface area contributed by atoms with Crippen molar-refractivity contribution in [1.29, 1.82) is 0 Å². The van der Waals surface area contributed by atoms with Crippen LogP contribution >= 0.6 is 0 Å². The Morgan fingerprint density at radius 2 is 1.83 bits per heavy atom. The summed E-state index contributed by atoms with van der Waals surface area (Å²) < 4.78 is 10.4. The highest BCUT2D eigenvalue weighted by Gasteiger charge is 2.24. The molecule has 1 aromatic rings. The quantitative estimate of drug-likeness (QED) is 0.781. The zero-order valence-electron chi connectivity index (χ0n) is 13.7. The number of hydrogen-bond acceptors (Lipinski definition) is 5. The Balaban J connectivity index is 2.01. The van der Waals surface area contributed by atoms with Crippen LogP contribution in [-0.4, -0.2) is 57.1 Å². The molecule has 1 saturated heterocycles. The lowest BCUT2D eigenvalue weighted by atomic mass is 10.1. The van der Waals surface area contributed by atoms with Gasteiger partial charge in [-0.05, 0) is 24.6 Å². The van der Waals surface area contributed by atoms with Crippen molar-refractivity contribution in [2.24, 2.45) is 0 Å². The first-order valence-electron chi connectivity index (χ1n) is 7.59. The first kappa shape index (κ1) is 17.1. The zero-order chi connectivity index (χ0) is 16.8. The number of carbonyl (C=O) groups is 2. The first-order valence-corrected chi connectivity index (χ1v) is 7.59. The minimum atomic E-state index is -0.589. The fraction of sp³-hybridized carbons (Fsp3) is 0.500. The maximum absolute atomic E-state index is 12.1. The van der Waals surface area contributed by atoms with Crippen molar-refractivity contribution in [3.05, 3.63) is 23.8 Å². The Labute approximate surface area is 135 Å². The predicted molar refractivity (Wildman–Crippen MR) is 85.6 cm³/mol. The second-order valence-corrected chi connectivity index (χ2v) is 5.35. The van der Waals surface area contributed by atoms with Gasteiger partial charge in [0, 0.05) is 26.2 Å². The van der Waals surface area contributed by atoms with E-state index in [1.807, 2.05) is 13.0 Å². The highest BCUT2D eigenvalue weighted by atomic mass is 16.5. The molecule has 0 aromatic heterocycles. The van der Waals surface area contributed by atoms with Crippen LogP contribution in [0.4, 0.5) is 0 Å². The summed E-state index contributed by atoms with van der Waals surface area (Å²) in [5, 5.41) is 5.88. The number of hydrogen-bond donors (Lipinski definition) is 2. The number of amides is 2. The summed E-state index contributed by atoms with van der Waals surface area (Å²) in [5.41, 5.74) is 0.837. The molecule has 0 spiro atoms. The molecular formula is C16H23N3O4. The fourth-order valence-electron chi connectivity index (χ4n) is 2.48. The van der Waals surface area contributed by atoms with E-state index in [1.165, 1.54) is 0 Å². The van der Waals surface area contributed by atoms with Crippen LogP contribution in [0.2, 0.25) is 0 Å². The molecule has 1 aliphatic rings. The molecule has 1 fully saturated rings. The van der Waals surface area contributed by atoms with Crippen LogP contribution in [0.5, 0.6) is 11.5 Å². The summed E-state index contributed by atoms with van der Waals surface area (Å²) >= 11 is 0. The van der Waals surface area contributed by atoms with Gasteiger partial charge in [-0.2, -0.15) is 0 Å². The maximum atomic E-state index is 12.1. The van der Waals surface area contributed by atoms with Gasteiger partial charge in [0.2, 0.25) is 0 Å². The Hall–Kier alpha value is -2.28. The van der Waals surface area contributed by atoms with Gasteiger partial charge in [0.1, 0.15) is 0 Å². The number of methoxy groups -OCH3 is 2. The smallest absolute Gasteiger partial charge is 0.311 e. The second-order valence-electron chi connectivity index (χ2n) is 5.35. The summed E-state index contributed by atoms with van der Waals surface area (Å²) in [6, 6.07) is 5.09. The molecule has 1 unspecified atom stereocenters. The van der Waals surface area contributed by atoms with Gasteiger partial charge in [-0.15, -0.1) is 0 Å². The zero-order valence-corrected chi connectivity index (χ0v) is 13.7. The van der Waals surface area contributed by atoms with E-state index in [1.54, 1.807) is 31.3 Å². The lowest BCUT2D eigenvalue weighted by molar-refractivity contribution is -0.146. The molecule has 1 aliphatic heterocycles. The Morgan fingerprint density at radius 1 is 1.17 bits per heavy atom.